The molecule has 0 aromatic rings. The van der Waals surface area contributed by atoms with Crippen LogP contribution in [-0.4, -0.2) is 75.5 Å². The minimum Gasteiger partial charge on any atom is -0.371 e. The van der Waals surface area contributed by atoms with Crippen LogP contribution in [-0.2, 0) is 9.47 Å². The van der Waals surface area contributed by atoms with Gasteiger partial charge in [0.25, 0.3) is 0 Å². The number of hydrogen-bond acceptors (Lipinski definition) is 4. The Balaban J connectivity index is 0.000000160. The van der Waals surface area contributed by atoms with Crippen molar-refractivity contribution in [3.63, 3.8) is 0 Å². The highest BCUT2D eigenvalue weighted by Crippen LogP contribution is 2.16. The van der Waals surface area contributed by atoms with Crippen LogP contribution < -0.4 is 0 Å². The Kier molecular flexibility index (Phi) is 5.18. The summed E-state index contributed by atoms with van der Waals surface area (Å²) >= 11 is 0. The molecule has 1 unspecified atom stereocenters. The highest BCUT2D eigenvalue weighted by molar-refractivity contribution is 4.81. The molecule has 4 heteroatoms. The zero-order valence-electron chi connectivity index (χ0n) is 11.4. The van der Waals surface area contributed by atoms with E-state index in [4.69, 9.17) is 9.47 Å². The van der Waals surface area contributed by atoms with E-state index in [1.165, 1.54) is 0 Å². The Labute approximate surface area is 99.5 Å². The SMILES string of the molecule is C[C@@H](C1CO1)N(C)C.C[C@@H]([C@H]1CO1)N(C)C. The highest BCUT2D eigenvalue weighted by Gasteiger charge is 2.30. The van der Waals surface area contributed by atoms with E-state index in [-0.39, 0.29) is 0 Å². The monoisotopic (exact) mass is 230 g/mol. The molecule has 2 fully saturated rings. The summed E-state index contributed by atoms with van der Waals surface area (Å²) in [7, 11) is 8.30. The first kappa shape index (κ1) is 13.9. The molecule has 16 heavy (non-hydrogen) atoms. The minimum atomic E-state index is 0.519. The van der Waals surface area contributed by atoms with Crippen LogP contribution in [0.3, 0.4) is 0 Å². The first-order valence-electron chi connectivity index (χ1n) is 5.99. The molecule has 0 N–H and O–H groups in total. The molecule has 0 amide bonds. The lowest BCUT2D eigenvalue weighted by molar-refractivity contribution is 0.246. The number of rotatable bonds is 4. The van der Waals surface area contributed by atoms with Crippen LogP contribution in [0, 0.1) is 0 Å². The normalized spacial score (nSPS) is 30.8. The number of likely N-dealkylation sites (N-methyl/N-ethyl adjacent to an activating group) is 2. The fraction of sp³-hybridized carbons (Fsp3) is 1.00. The Hall–Kier alpha value is -0.160. The summed E-state index contributed by atoms with van der Waals surface area (Å²) in [6.45, 7) is 6.27. The van der Waals surface area contributed by atoms with Crippen LogP contribution in [0.2, 0.25) is 0 Å². The molecule has 4 nitrogen and oxygen atoms in total. The summed E-state index contributed by atoms with van der Waals surface area (Å²) in [5.41, 5.74) is 0. The summed E-state index contributed by atoms with van der Waals surface area (Å²) in [4.78, 5) is 4.36. The van der Waals surface area contributed by atoms with Gasteiger partial charge >= 0.3 is 0 Å². The van der Waals surface area contributed by atoms with Gasteiger partial charge in [0.05, 0.1) is 25.4 Å². The van der Waals surface area contributed by atoms with Crippen molar-refractivity contribution in [2.24, 2.45) is 0 Å². The summed E-state index contributed by atoms with van der Waals surface area (Å²) in [5.74, 6) is 0. The van der Waals surface area contributed by atoms with Crippen LogP contribution in [0.15, 0.2) is 0 Å². The predicted octanol–water partition coefficient (Wildman–Crippen LogP) is 0.671. The molecule has 2 aliphatic heterocycles. The Morgan fingerprint density at radius 1 is 0.812 bits per heavy atom. The Morgan fingerprint density at radius 3 is 1.12 bits per heavy atom. The van der Waals surface area contributed by atoms with Gasteiger partial charge in [0.1, 0.15) is 0 Å². The lowest BCUT2D eigenvalue weighted by Crippen LogP contribution is -2.29. The van der Waals surface area contributed by atoms with E-state index in [0.29, 0.717) is 24.3 Å². The second-order valence-corrected chi connectivity index (χ2v) is 5.15. The summed E-state index contributed by atoms with van der Waals surface area (Å²) in [6, 6.07) is 1.19. The van der Waals surface area contributed by atoms with Gasteiger partial charge in [-0.3, -0.25) is 0 Å². The molecule has 2 heterocycles. The smallest absolute Gasteiger partial charge is 0.0961 e. The van der Waals surface area contributed by atoms with E-state index < -0.39 is 0 Å². The topological polar surface area (TPSA) is 31.5 Å². The summed E-state index contributed by atoms with van der Waals surface area (Å²) in [5, 5.41) is 0. The van der Waals surface area contributed by atoms with Crippen molar-refractivity contribution in [1.82, 2.24) is 9.80 Å². The number of ether oxygens (including phenoxy) is 2. The zero-order chi connectivity index (χ0) is 12.3. The maximum atomic E-state index is 5.09. The molecule has 0 radical (unpaired) electrons. The summed E-state index contributed by atoms with van der Waals surface area (Å²) in [6.07, 6.45) is 1.04. The third-order valence-corrected chi connectivity index (χ3v) is 3.42. The van der Waals surface area contributed by atoms with E-state index in [1.54, 1.807) is 0 Å². The van der Waals surface area contributed by atoms with Crippen molar-refractivity contribution in [1.29, 1.82) is 0 Å². The van der Waals surface area contributed by atoms with Crippen molar-refractivity contribution in [2.75, 3.05) is 41.4 Å². The third kappa shape index (κ3) is 4.78. The van der Waals surface area contributed by atoms with E-state index in [1.807, 2.05) is 0 Å². The van der Waals surface area contributed by atoms with Crippen molar-refractivity contribution < 1.29 is 9.47 Å². The quantitative estimate of drug-likeness (QED) is 0.664. The molecule has 0 spiro atoms. The first-order chi connectivity index (χ1) is 7.43. The van der Waals surface area contributed by atoms with Gasteiger partial charge in [-0.1, -0.05) is 0 Å². The molecule has 0 aromatic carbocycles. The van der Waals surface area contributed by atoms with Crippen molar-refractivity contribution >= 4 is 0 Å². The molecule has 2 aliphatic rings. The number of hydrogen-bond donors (Lipinski definition) is 0. The number of nitrogens with zero attached hydrogens (tertiary/aromatic N) is 2. The van der Waals surface area contributed by atoms with Crippen LogP contribution >= 0.6 is 0 Å². The van der Waals surface area contributed by atoms with Crippen LogP contribution in [0.1, 0.15) is 13.8 Å². The Bertz CT molecular complexity index is 175. The summed E-state index contributed by atoms with van der Waals surface area (Å²) < 4.78 is 10.2. The second kappa shape index (κ2) is 5.96. The average molecular weight is 230 g/mol. The molecule has 0 saturated carbocycles. The molecular formula is C12H26N2O2. The largest absolute Gasteiger partial charge is 0.371 e. The molecule has 4 atom stereocenters. The Morgan fingerprint density at radius 2 is 1.06 bits per heavy atom. The zero-order valence-corrected chi connectivity index (χ0v) is 11.4. The minimum absolute atomic E-state index is 0.519. The third-order valence-electron chi connectivity index (χ3n) is 3.42. The number of epoxide rings is 2. The van der Waals surface area contributed by atoms with Gasteiger partial charge < -0.3 is 19.3 Å². The van der Waals surface area contributed by atoms with Gasteiger partial charge in [-0.15, -0.1) is 0 Å². The van der Waals surface area contributed by atoms with Gasteiger partial charge in [-0.05, 0) is 42.0 Å². The molecule has 2 saturated heterocycles. The fourth-order valence-corrected chi connectivity index (χ4v) is 1.33. The first-order valence-corrected chi connectivity index (χ1v) is 5.99. The molecule has 96 valence electrons. The lowest BCUT2D eigenvalue weighted by atomic mass is 10.2. The van der Waals surface area contributed by atoms with Crippen molar-refractivity contribution in [2.45, 2.75) is 38.1 Å². The molecule has 2 rings (SSSR count). The van der Waals surface area contributed by atoms with Crippen molar-refractivity contribution in [3.8, 4) is 0 Å². The average Bonchev–Trinajstić information content (AvgIpc) is 3.03. The van der Waals surface area contributed by atoms with Crippen molar-refractivity contribution in [3.05, 3.63) is 0 Å². The fourth-order valence-electron chi connectivity index (χ4n) is 1.33. The maximum absolute atomic E-state index is 5.09. The van der Waals surface area contributed by atoms with Gasteiger partial charge in [-0.2, -0.15) is 0 Å². The highest BCUT2D eigenvalue weighted by atomic mass is 16.6. The lowest BCUT2D eigenvalue weighted by Gasteiger charge is -2.16. The molecule has 0 bridgehead atoms. The van der Waals surface area contributed by atoms with Gasteiger partial charge in [0.15, 0.2) is 0 Å². The van der Waals surface area contributed by atoms with E-state index in [9.17, 15) is 0 Å². The molecular weight excluding hydrogens is 204 g/mol. The van der Waals surface area contributed by atoms with E-state index in [2.05, 4.69) is 51.8 Å². The van der Waals surface area contributed by atoms with Crippen LogP contribution in [0.4, 0.5) is 0 Å². The standard InChI is InChI=1S/2C6H13NO/c2*1-5(7(2)3)6-4-8-6/h2*5-6H,4H2,1-3H3/t5-,6?;5-,6+/m00/s1. The van der Waals surface area contributed by atoms with E-state index >= 15 is 0 Å². The van der Waals surface area contributed by atoms with Gasteiger partial charge in [0, 0.05) is 12.1 Å². The van der Waals surface area contributed by atoms with Gasteiger partial charge in [0.2, 0.25) is 0 Å². The van der Waals surface area contributed by atoms with E-state index in [0.717, 1.165) is 13.2 Å². The van der Waals surface area contributed by atoms with Gasteiger partial charge in [-0.25, -0.2) is 0 Å². The van der Waals surface area contributed by atoms with Crippen LogP contribution in [0.5, 0.6) is 0 Å². The van der Waals surface area contributed by atoms with Crippen LogP contribution in [0.25, 0.3) is 0 Å². The maximum Gasteiger partial charge on any atom is 0.0961 e. The predicted molar refractivity (Wildman–Crippen MR) is 65.8 cm³/mol. The second-order valence-electron chi connectivity index (χ2n) is 5.15. The molecule has 0 aromatic heterocycles. The molecule has 0 aliphatic carbocycles.